The molecule has 1 fully saturated rings. The molecular formula is C19H21ClN4O3. The summed E-state index contributed by atoms with van der Waals surface area (Å²) in [6.07, 6.45) is 0. The van der Waals surface area contributed by atoms with E-state index < -0.39 is 5.91 Å². The van der Waals surface area contributed by atoms with Crippen molar-refractivity contribution in [3.63, 3.8) is 0 Å². The molecule has 0 aromatic heterocycles. The Bertz CT molecular complexity index is 822. The van der Waals surface area contributed by atoms with Crippen LogP contribution in [0.2, 0.25) is 5.02 Å². The number of phenols is 1. The lowest BCUT2D eigenvalue weighted by Crippen LogP contribution is -2.52. The normalized spacial score (nSPS) is 14.6. The average Bonchev–Trinajstić information content (AvgIpc) is 2.68. The van der Waals surface area contributed by atoms with Gasteiger partial charge in [0, 0.05) is 26.2 Å². The van der Waals surface area contributed by atoms with E-state index in [1.807, 2.05) is 17.0 Å². The summed E-state index contributed by atoms with van der Waals surface area (Å²) in [6.45, 7) is 2.95. The van der Waals surface area contributed by atoms with Gasteiger partial charge in [0.25, 0.3) is 11.8 Å². The Kier molecular flexibility index (Phi) is 6.16. The van der Waals surface area contributed by atoms with Crippen molar-refractivity contribution in [3.8, 4) is 5.75 Å². The highest BCUT2D eigenvalue weighted by Crippen LogP contribution is 2.27. The van der Waals surface area contributed by atoms with Crippen LogP contribution in [-0.4, -0.2) is 54.5 Å². The van der Waals surface area contributed by atoms with E-state index in [2.05, 4.69) is 15.8 Å². The SMILES string of the molecule is O=C(CN1CCN(c2ccccc2O)CC1)NNC(=O)c1ccccc1Cl. The smallest absolute Gasteiger partial charge is 0.271 e. The minimum atomic E-state index is -0.460. The van der Waals surface area contributed by atoms with Gasteiger partial charge < -0.3 is 10.0 Å². The first-order valence-corrected chi connectivity index (χ1v) is 9.01. The maximum atomic E-state index is 12.1. The van der Waals surface area contributed by atoms with Crippen molar-refractivity contribution in [3.05, 3.63) is 59.1 Å². The molecule has 3 rings (SSSR count). The summed E-state index contributed by atoms with van der Waals surface area (Å²) in [4.78, 5) is 28.2. The summed E-state index contributed by atoms with van der Waals surface area (Å²) in [5.74, 6) is -0.504. The maximum Gasteiger partial charge on any atom is 0.271 e. The first-order valence-electron chi connectivity index (χ1n) is 8.63. The number of carbonyl (C=O) groups is 2. The molecule has 1 heterocycles. The van der Waals surface area contributed by atoms with E-state index in [-0.39, 0.29) is 18.2 Å². The third kappa shape index (κ3) is 4.90. The summed E-state index contributed by atoms with van der Waals surface area (Å²) in [6, 6.07) is 13.8. The number of nitrogens with zero attached hydrogens (tertiary/aromatic N) is 2. The van der Waals surface area contributed by atoms with Crippen LogP contribution in [0.5, 0.6) is 5.75 Å². The highest BCUT2D eigenvalue weighted by Gasteiger charge is 2.21. The molecule has 8 heteroatoms. The minimum Gasteiger partial charge on any atom is -0.506 e. The predicted molar refractivity (Wildman–Crippen MR) is 104 cm³/mol. The number of benzene rings is 2. The quantitative estimate of drug-likeness (QED) is 0.693. The number of hydrogen-bond donors (Lipinski definition) is 3. The van der Waals surface area contributed by atoms with Gasteiger partial charge in [0.1, 0.15) is 5.75 Å². The monoisotopic (exact) mass is 388 g/mol. The number of rotatable bonds is 4. The van der Waals surface area contributed by atoms with Gasteiger partial charge in [0.05, 0.1) is 22.8 Å². The Morgan fingerprint density at radius 1 is 0.963 bits per heavy atom. The number of hydrazine groups is 1. The van der Waals surface area contributed by atoms with E-state index in [1.165, 1.54) is 0 Å². The van der Waals surface area contributed by atoms with Gasteiger partial charge in [-0.1, -0.05) is 35.9 Å². The standard InChI is InChI=1S/C19H21ClN4O3/c20-15-6-2-1-5-14(15)19(27)22-21-18(26)13-23-9-11-24(12-10-23)16-7-3-4-8-17(16)25/h1-8,25H,9-13H2,(H,21,26)(H,22,27). The molecule has 0 atom stereocenters. The first-order chi connectivity index (χ1) is 13.0. The molecule has 2 amide bonds. The Hall–Kier alpha value is -2.77. The van der Waals surface area contributed by atoms with Gasteiger partial charge in [-0.15, -0.1) is 0 Å². The number of para-hydroxylation sites is 2. The lowest BCUT2D eigenvalue weighted by Gasteiger charge is -2.35. The number of piperazine rings is 1. The summed E-state index contributed by atoms with van der Waals surface area (Å²) >= 11 is 5.96. The highest BCUT2D eigenvalue weighted by atomic mass is 35.5. The van der Waals surface area contributed by atoms with Crippen LogP contribution < -0.4 is 15.8 Å². The number of carbonyl (C=O) groups excluding carboxylic acids is 2. The van der Waals surface area contributed by atoms with Gasteiger partial charge >= 0.3 is 0 Å². The predicted octanol–water partition coefficient (Wildman–Crippen LogP) is 1.63. The Morgan fingerprint density at radius 3 is 2.33 bits per heavy atom. The van der Waals surface area contributed by atoms with Gasteiger partial charge in [0.2, 0.25) is 0 Å². The molecule has 1 saturated heterocycles. The molecule has 0 aliphatic carbocycles. The van der Waals surface area contributed by atoms with E-state index in [0.717, 1.165) is 5.69 Å². The zero-order chi connectivity index (χ0) is 19.2. The molecule has 0 saturated carbocycles. The van der Waals surface area contributed by atoms with Crippen LogP contribution in [0, 0.1) is 0 Å². The number of aromatic hydroxyl groups is 1. The molecule has 3 N–H and O–H groups in total. The van der Waals surface area contributed by atoms with E-state index in [0.29, 0.717) is 36.8 Å². The molecule has 142 valence electrons. The van der Waals surface area contributed by atoms with Crippen molar-refractivity contribution in [2.24, 2.45) is 0 Å². The third-order valence-corrected chi connectivity index (χ3v) is 4.73. The molecule has 2 aromatic carbocycles. The number of phenolic OH excluding ortho intramolecular Hbond substituents is 1. The summed E-state index contributed by atoms with van der Waals surface area (Å²) in [7, 11) is 0. The lowest BCUT2D eigenvalue weighted by molar-refractivity contribution is -0.123. The van der Waals surface area contributed by atoms with Crippen molar-refractivity contribution >= 4 is 29.1 Å². The van der Waals surface area contributed by atoms with Crippen molar-refractivity contribution in [1.29, 1.82) is 0 Å². The van der Waals surface area contributed by atoms with Crippen LogP contribution in [0.4, 0.5) is 5.69 Å². The number of anilines is 1. The fraction of sp³-hybridized carbons (Fsp3) is 0.263. The number of halogens is 1. The largest absolute Gasteiger partial charge is 0.506 e. The van der Waals surface area contributed by atoms with Crippen LogP contribution in [0.3, 0.4) is 0 Å². The molecule has 0 bridgehead atoms. The van der Waals surface area contributed by atoms with E-state index in [4.69, 9.17) is 11.6 Å². The van der Waals surface area contributed by atoms with E-state index in [9.17, 15) is 14.7 Å². The molecular weight excluding hydrogens is 368 g/mol. The number of hydrogen-bond acceptors (Lipinski definition) is 5. The number of amides is 2. The Labute approximate surface area is 162 Å². The van der Waals surface area contributed by atoms with Gasteiger partial charge in [0.15, 0.2) is 0 Å². The van der Waals surface area contributed by atoms with Crippen LogP contribution >= 0.6 is 11.6 Å². The van der Waals surface area contributed by atoms with Crippen molar-refractivity contribution in [2.75, 3.05) is 37.6 Å². The minimum absolute atomic E-state index is 0.178. The zero-order valence-corrected chi connectivity index (χ0v) is 15.4. The molecule has 0 spiro atoms. The van der Waals surface area contributed by atoms with Crippen molar-refractivity contribution in [2.45, 2.75) is 0 Å². The summed E-state index contributed by atoms with van der Waals surface area (Å²) < 4.78 is 0. The van der Waals surface area contributed by atoms with Crippen LogP contribution in [0.15, 0.2) is 48.5 Å². The lowest BCUT2D eigenvalue weighted by atomic mass is 10.2. The summed E-state index contributed by atoms with van der Waals surface area (Å²) in [5.41, 5.74) is 5.89. The second kappa shape index (κ2) is 8.75. The zero-order valence-electron chi connectivity index (χ0n) is 14.7. The average molecular weight is 389 g/mol. The first kappa shape index (κ1) is 19.0. The van der Waals surface area contributed by atoms with Gasteiger partial charge in [-0.2, -0.15) is 0 Å². The summed E-state index contributed by atoms with van der Waals surface area (Å²) in [5, 5.41) is 10.3. The van der Waals surface area contributed by atoms with Crippen molar-refractivity contribution in [1.82, 2.24) is 15.8 Å². The third-order valence-electron chi connectivity index (χ3n) is 4.40. The molecule has 7 nitrogen and oxygen atoms in total. The molecule has 1 aliphatic rings. The van der Waals surface area contributed by atoms with Crippen molar-refractivity contribution < 1.29 is 14.7 Å². The molecule has 0 unspecified atom stereocenters. The fourth-order valence-corrected chi connectivity index (χ4v) is 3.18. The topological polar surface area (TPSA) is 84.9 Å². The fourth-order valence-electron chi connectivity index (χ4n) is 2.96. The number of nitrogens with one attached hydrogen (secondary N) is 2. The highest BCUT2D eigenvalue weighted by molar-refractivity contribution is 6.33. The van der Waals surface area contributed by atoms with Crippen LogP contribution in [0.25, 0.3) is 0 Å². The molecule has 1 aliphatic heterocycles. The maximum absolute atomic E-state index is 12.1. The van der Waals surface area contributed by atoms with Crippen LogP contribution in [0.1, 0.15) is 10.4 Å². The van der Waals surface area contributed by atoms with Crippen LogP contribution in [-0.2, 0) is 4.79 Å². The second-order valence-corrected chi connectivity index (χ2v) is 6.64. The Morgan fingerprint density at radius 2 is 1.63 bits per heavy atom. The molecule has 2 aromatic rings. The van der Waals surface area contributed by atoms with E-state index in [1.54, 1.807) is 36.4 Å². The molecule has 27 heavy (non-hydrogen) atoms. The van der Waals surface area contributed by atoms with E-state index >= 15 is 0 Å². The Balaban J connectivity index is 1.44. The molecule has 0 radical (unpaired) electrons. The van der Waals surface area contributed by atoms with Gasteiger partial charge in [-0.3, -0.25) is 25.3 Å². The van der Waals surface area contributed by atoms with Gasteiger partial charge in [-0.05, 0) is 24.3 Å². The second-order valence-electron chi connectivity index (χ2n) is 6.23. The van der Waals surface area contributed by atoms with Gasteiger partial charge in [-0.25, -0.2) is 0 Å².